The van der Waals surface area contributed by atoms with Crippen LogP contribution in [-0.2, 0) is 16.2 Å². The molecule has 26 heavy (non-hydrogen) atoms. The summed E-state index contributed by atoms with van der Waals surface area (Å²) >= 11 is 6.31. The van der Waals surface area contributed by atoms with Gasteiger partial charge in [0.25, 0.3) is 5.91 Å². The second kappa shape index (κ2) is 8.16. The minimum atomic E-state index is -0.603. The summed E-state index contributed by atoms with van der Waals surface area (Å²) in [6.07, 6.45) is 1.72. The first-order valence-corrected chi connectivity index (χ1v) is 9.06. The molecule has 0 atom stereocenters. The molecule has 3 rings (SSSR count). The third-order valence-corrected chi connectivity index (χ3v) is 5.01. The molecule has 2 amide bonds. The van der Waals surface area contributed by atoms with Crippen molar-refractivity contribution in [2.45, 2.75) is 6.61 Å². The Morgan fingerprint density at radius 3 is 2.58 bits per heavy atom. The van der Waals surface area contributed by atoms with Gasteiger partial charge in [-0.2, -0.15) is 0 Å². The maximum atomic E-state index is 12.4. The average molecular weight is 384 g/mol. The molecular weight excluding hydrogens is 368 g/mol. The lowest BCUT2D eigenvalue weighted by molar-refractivity contribution is -0.127. The first-order chi connectivity index (χ1) is 12.5. The molecule has 1 aliphatic rings. The molecule has 1 heterocycles. The standard InChI is InChI=1S/C19H16N2O3S2/c20-17(22)11-21-18(23)16(26-19(21)25)10-14-8-4-5-9-15(14)24-12-13-6-2-1-3-7-13/h1-10H,11-12H2,(H2,20,22)/b16-10-. The van der Waals surface area contributed by atoms with Crippen LogP contribution < -0.4 is 10.5 Å². The lowest BCUT2D eigenvalue weighted by atomic mass is 10.1. The number of rotatable bonds is 6. The van der Waals surface area contributed by atoms with Crippen molar-refractivity contribution in [2.24, 2.45) is 5.73 Å². The van der Waals surface area contributed by atoms with Crippen LogP contribution in [0.15, 0.2) is 59.5 Å². The smallest absolute Gasteiger partial charge is 0.266 e. The molecule has 0 aromatic heterocycles. The van der Waals surface area contributed by atoms with Gasteiger partial charge < -0.3 is 10.5 Å². The van der Waals surface area contributed by atoms with E-state index in [1.54, 1.807) is 6.08 Å². The van der Waals surface area contributed by atoms with E-state index in [2.05, 4.69) is 0 Å². The summed E-state index contributed by atoms with van der Waals surface area (Å²) in [5, 5.41) is 0. The van der Waals surface area contributed by atoms with Crippen molar-refractivity contribution in [1.29, 1.82) is 0 Å². The monoisotopic (exact) mass is 384 g/mol. The number of amides is 2. The summed E-state index contributed by atoms with van der Waals surface area (Å²) in [5.41, 5.74) is 6.99. The summed E-state index contributed by atoms with van der Waals surface area (Å²) in [4.78, 5) is 25.2. The van der Waals surface area contributed by atoms with Gasteiger partial charge in [0, 0.05) is 5.56 Å². The minimum Gasteiger partial charge on any atom is -0.488 e. The number of hydrogen-bond acceptors (Lipinski definition) is 5. The first kappa shape index (κ1) is 18.2. The van der Waals surface area contributed by atoms with E-state index < -0.39 is 5.91 Å². The summed E-state index contributed by atoms with van der Waals surface area (Å²) in [7, 11) is 0. The number of carbonyl (C=O) groups excluding carboxylic acids is 2. The number of primary amides is 1. The van der Waals surface area contributed by atoms with Crippen LogP contribution in [0, 0.1) is 0 Å². The lowest BCUT2D eigenvalue weighted by Gasteiger charge is -2.11. The Balaban J connectivity index is 1.79. The first-order valence-electron chi connectivity index (χ1n) is 7.84. The van der Waals surface area contributed by atoms with Gasteiger partial charge in [0.15, 0.2) is 0 Å². The fraction of sp³-hybridized carbons (Fsp3) is 0.105. The molecule has 1 saturated heterocycles. The average Bonchev–Trinajstić information content (AvgIpc) is 2.89. The van der Waals surface area contributed by atoms with Crippen molar-refractivity contribution in [3.05, 3.63) is 70.6 Å². The van der Waals surface area contributed by atoms with Gasteiger partial charge in [-0.3, -0.25) is 14.5 Å². The predicted octanol–water partition coefficient (Wildman–Crippen LogP) is 2.95. The molecule has 2 aromatic carbocycles. The van der Waals surface area contributed by atoms with E-state index in [9.17, 15) is 9.59 Å². The van der Waals surface area contributed by atoms with Crippen LogP contribution in [0.2, 0.25) is 0 Å². The fourth-order valence-electron chi connectivity index (χ4n) is 2.40. The Morgan fingerprint density at radius 2 is 1.85 bits per heavy atom. The van der Waals surface area contributed by atoms with Crippen molar-refractivity contribution in [3.8, 4) is 5.75 Å². The van der Waals surface area contributed by atoms with Crippen molar-refractivity contribution in [3.63, 3.8) is 0 Å². The van der Waals surface area contributed by atoms with Crippen LogP contribution in [-0.4, -0.2) is 27.6 Å². The van der Waals surface area contributed by atoms with Crippen LogP contribution in [0.4, 0.5) is 0 Å². The molecule has 5 nitrogen and oxygen atoms in total. The van der Waals surface area contributed by atoms with Crippen LogP contribution in [0.3, 0.4) is 0 Å². The second-order valence-corrected chi connectivity index (χ2v) is 7.22. The van der Waals surface area contributed by atoms with Crippen LogP contribution in [0.1, 0.15) is 11.1 Å². The zero-order valence-corrected chi connectivity index (χ0v) is 15.4. The largest absolute Gasteiger partial charge is 0.488 e. The molecule has 0 aliphatic carbocycles. The number of thiocarbonyl (C=S) groups is 1. The highest BCUT2D eigenvalue weighted by Gasteiger charge is 2.33. The van der Waals surface area contributed by atoms with Crippen LogP contribution >= 0.6 is 24.0 Å². The van der Waals surface area contributed by atoms with Gasteiger partial charge in [-0.15, -0.1) is 0 Å². The predicted molar refractivity (Wildman–Crippen MR) is 106 cm³/mol. The van der Waals surface area contributed by atoms with Crippen LogP contribution in [0.25, 0.3) is 6.08 Å². The second-order valence-electron chi connectivity index (χ2n) is 5.55. The third kappa shape index (κ3) is 4.30. The molecule has 0 radical (unpaired) electrons. The van der Waals surface area contributed by atoms with E-state index >= 15 is 0 Å². The molecule has 2 N–H and O–H groups in total. The Bertz CT molecular complexity index is 881. The lowest BCUT2D eigenvalue weighted by Crippen LogP contribution is -2.36. The van der Waals surface area contributed by atoms with Gasteiger partial charge in [0.2, 0.25) is 5.91 Å². The zero-order valence-electron chi connectivity index (χ0n) is 13.8. The Hall–Kier alpha value is -2.64. The molecule has 1 aliphatic heterocycles. The molecule has 0 unspecified atom stereocenters. The third-order valence-electron chi connectivity index (χ3n) is 3.63. The Labute approximate surface area is 160 Å². The fourth-order valence-corrected chi connectivity index (χ4v) is 3.65. The van der Waals surface area contributed by atoms with Crippen molar-refractivity contribution >= 4 is 46.2 Å². The molecule has 0 spiro atoms. The number of thioether (sulfide) groups is 1. The van der Waals surface area contributed by atoms with E-state index in [0.29, 0.717) is 21.6 Å². The van der Waals surface area contributed by atoms with Gasteiger partial charge in [0.1, 0.15) is 23.2 Å². The minimum absolute atomic E-state index is 0.214. The molecule has 132 valence electrons. The number of hydrogen-bond donors (Lipinski definition) is 1. The van der Waals surface area contributed by atoms with Gasteiger partial charge in [-0.25, -0.2) is 0 Å². The summed E-state index contributed by atoms with van der Waals surface area (Å²) in [6, 6.07) is 17.3. The molecular formula is C19H16N2O3S2. The van der Waals surface area contributed by atoms with E-state index in [-0.39, 0.29) is 12.5 Å². The molecule has 0 bridgehead atoms. The van der Waals surface area contributed by atoms with Gasteiger partial charge in [0.05, 0.1) is 4.91 Å². The number of para-hydroxylation sites is 1. The number of carbonyl (C=O) groups is 2. The number of nitrogens with two attached hydrogens (primary N) is 1. The quantitative estimate of drug-likeness (QED) is 0.612. The Kier molecular flexibility index (Phi) is 5.70. The van der Waals surface area contributed by atoms with Gasteiger partial charge >= 0.3 is 0 Å². The van der Waals surface area contributed by atoms with Gasteiger partial charge in [-0.05, 0) is 17.7 Å². The topological polar surface area (TPSA) is 72.6 Å². The molecule has 7 heteroatoms. The van der Waals surface area contributed by atoms with Crippen molar-refractivity contribution < 1.29 is 14.3 Å². The van der Waals surface area contributed by atoms with Crippen LogP contribution in [0.5, 0.6) is 5.75 Å². The van der Waals surface area contributed by atoms with E-state index in [1.165, 1.54) is 4.90 Å². The van der Waals surface area contributed by atoms with Crippen molar-refractivity contribution in [1.82, 2.24) is 4.90 Å². The summed E-state index contributed by atoms with van der Waals surface area (Å²) < 4.78 is 6.22. The number of nitrogens with zero attached hydrogens (tertiary/aromatic N) is 1. The molecule has 1 fully saturated rings. The number of benzene rings is 2. The molecule has 2 aromatic rings. The van der Waals surface area contributed by atoms with E-state index in [4.69, 9.17) is 22.7 Å². The summed E-state index contributed by atoms with van der Waals surface area (Å²) in [6.45, 7) is 0.211. The normalized spacial score (nSPS) is 15.5. The SMILES string of the molecule is NC(=O)CN1C(=O)/C(=C/c2ccccc2OCc2ccccc2)SC1=S. The summed E-state index contributed by atoms with van der Waals surface area (Å²) in [5.74, 6) is -0.262. The highest BCUT2D eigenvalue weighted by atomic mass is 32.2. The van der Waals surface area contributed by atoms with Gasteiger partial charge in [-0.1, -0.05) is 72.5 Å². The maximum absolute atomic E-state index is 12.4. The maximum Gasteiger partial charge on any atom is 0.266 e. The highest BCUT2D eigenvalue weighted by molar-refractivity contribution is 8.26. The zero-order chi connectivity index (χ0) is 18.5. The van der Waals surface area contributed by atoms with E-state index in [0.717, 1.165) is 22.9 Å². The van der Waals surface area contributed by atoms with E-state index in [1.807, 2.05) is 54.6 Å². The van der Waals surface area contributed by atoms with Crippen molar-refractivity contribution in [2.75, 3.05) is 6.54 Å². The highest BCUT2D eigenvalue weighted by Crippen LogP contribution is 2.34. The molecule has 0 saturated carbocycles. The Morgan fingerprint density at radius 1 is 1.15 bits per heavy atom. The number of ether oxygens (including phenoxy) is 1.